The smallest absolute Gasteiger partial charge is 0.149 e. The number of nitrogen functional groups attached to an aromatic ring is 1. The summed E-state index contributed by atoms with van der Waals surface area (Å²) in [4.78, 5) is 6.95. The standard InChI is InChI=1S/C13H20N4/c1-9-4-6-15-13(12(9)14)16-10-5-8-17-7-2-3-11(10)17/h4,6,10-11H,2-3,5,7-8,14H2,1H3,(H,15,16). The van der Waals surface area contributed by atoms with Crippen molar-refractivity contribution in [3.63, 3.8) is 0 Å². The molecule has 17 heavy (non-hydrogen) atoms. The molecule has 2 unspecified atom stereocenters. The van der Waals surface area contributed by atoms with E-state index in [0.29, 0.717) is 12.1 Å². The predicted octanol–water partition coefficient (Wildman–Crippen LogP) is 1.62. The van der Waals surface area contributed by atoms with Gasteiger partial charge in [-0.05, 0) is 44.4 Å². The van der Waals surface area contributed by atoms with Crippen LogP contribution in [0, 0.1) is 6.92 Å². The number of anilines is 2. The maximum atomic E-state index is 6.06. The average Bonchev–Trinajstić information content (AvgIpc) is 2.89. The summed E-state index contributed by atoms with van der Waals surface area (Å²) in [6, 6.07) is 3.17. The lowest BCUT2D eigenvalue weighted by Gasteiger charge is -2.22. The zero-order valence-electron chi connectivity index (χ0n) is 10.3. The quantitative estimate of drug-likeness (QED) is 0.813. The van der Waals surface area contributed by atoms with Crippen LogP contribution in [0.4, 0.5) is 11.5 Å². The summed E-state index contributed by atoms with van der Waals surface area (Å²) in [5, 5.41) is 3.54. The number of pyridine rings is 1. The summed E-state index contributed by atoms with van der Waals surface area (Å²) in [6.45, 7) is 4.51. The third-order valence-electron chi connectivity index (χ3n) is 4.14. The first kappa shape index (κ1) is 10.8. The normalized spacial score (nSPS) is 28.3. The van der Waals surface area contributed by atoms with Gasteiger partial charge in [-0.3, -0.25) is 4.90 Å². The third kappa shape index (κ3) is 1.86. The number of nitrogens with one attached hydrogen (secondary N) is 1. The molecule has 3 N–H and O–H groups in total. The van der Waals surface area contributed by atoms with Gasteiger partial charge in [-0.25, -0.2) is 4.98 Å². The van der Waals surface area contributed by atoms with Crippen molar-refractivity contribution >= 4 is 11.5 Å². The van der Waals surface area contributed by atoms with E-state index in [-0.39, 0.29) is 0 Å². The zero-order chi connectivity index (χ0) is 11.8. The van der Waals surface area contributed by atoms with Gasteiger partial charge in [-0.15, -0.1) is 0 Å². The topological polar surface area (TPSA) is 54.2 Å². The van der Waals surface area contributed by atoms with Crippen LogP contribution in [0.5, 0.6) is 0 Å². The molecule has 4 heteroatoms. The van der Waals surface area contributed by atoms with E-state index in [9.17, 15) is 0 Å². The first-order valence-corrected chi connectivity index (χ1v) is 6.47. The molecule has 0 radical (unpaired) electrons. The molecule has 3 rings (SSSR count). The monoisotopic (exact) mass is 232 g/mol. The van der Waals surface area contributed by atoms with Gasteiger partial charge in [0.25, 0.3) is 0 Å². The molecule has 92 valence electrons. The Balaban J connectivity index is 1.76. The SMILES string of the molecule is Cc1ccnc(NC2CCN3CCCC23)c1N. The second kappa shape index (κ2) is 4.18. The van der Waals surface area contributed by atoms with Crippen LogP contribution in [0.25, 0.3) is 0 Å². The highest BCUT2D eigenvalue weighted by atomic mass is 15.2. The summed E-state index contributed by atoms with van der Waals surface area (Å²) in [5.74, 6) is 0.865. The molecule has 2 atom stereocenters. The second-order valence-electron chi connectivity index (χ2n) is 5.18. The van der Waals surface area contributed by atoms with E-state index in [1.807, 2.05) is 19.2 Å². The number of nitrogens with zero attached hydrogens (tertiary/aromatic N) is 2. The summed E-state index contributed by atoms with van der Waals surface area (Å²) in [6.07, 6.45) is 5.68. The minimum atomic E-state index is 0.522. The van der Waals surface area contributed by atoms with Crippen molar-refractivity contribution in [1.29, 1.82) is 0 Å². The number of hydrogen-bond donors (Lipinski definition) is 2. The lowest BCUT2D eigenvalue weighted by molar-refractivity contribution is 0.318. The maximum Gasteiger partial charge on any atom is 0.149 e. The fourth-order valence-electron chi connectivity index (χ4n) is 3.11. The van der Waals surface area contributed by atoms with Crippen LogP contribution in [-0.2, 0) is 0 Å². The fraction of sp³-hybridized carbons (Fsp3) is 0.615. The molecule has 0 saturated carbocycles. The molecule has 3 heterocycles. The highest BCUT2D eigenvalue weighted by molar-refractivity contribution is 5.65. The van der Waals surface area contributed by atoms with Gasteiger partial charge in [0.05, 0.1) is 5.69 Å². The minimum absolute atomic E-state index is 0.522. The second-order valence-corrected chi connectivity index (χ2v) is 5.18. The molecule has 0 aliphatic carbocycles. The highest BCUT2D eigenvalue weighted by Crippen LogP contribution is 2.31. The Morgan fingerprint density at radius 3 is 3.18 bits per heavy atom. The van der Waals surface area contributed by atoms with Crippen molar-refractivity contribution in [1.82, 2.24) is 9.88 Å². The first-order valence-electron chi connectivity index (χ1n) is 6.47. The number of aryl methyl sites for hydroxylation is 1. The molecule has 0 aromatic carbocycles. The van der Waals surface area contributed by atoms with Gasteiger partial charge in [0.15, 0.2) is 0 Å². The van der Waals surface area contributed by atoms with E-state index in [4.69, 9.17) is 5.73 Å². The van der Waals surface area contributed by atoms with Crippen LogP contribution >= 0.6 is 0 Å². The maximum absolute atomic E-state index is 6.06. The molecule has 0 amide bonds. The van der Waals surface area contributed by atoms with E-state index in [0.717, 1.165) is 17.1 Å². The highest BCUT2D eigenvalue weighted by Gasteiger charge is 2.37. The van der Waals surface area contributed by atoms with Gasteiger partial charge >= 0.3 is 0 Å². The Morgan fingerprint density at radius 2 is 2.29 bits per heavy atom. The van der Waals surface area contributed by atoms with Crippen LogP contribution in [0.2, 0.25) is 0 Å². The first-order chi connectivity index (χ1) is 8.25. The lowest BCUT2D eigenvalue weighted by Crippen LogP contribution is -2.34. The summed E-state index contributed by atoms with van der Waals surface area (Å²) < 4.78 is 0. The molecule has 0 spiro atoms. The molecular weight excluding hydrogens is 212 g/mol. The van der Waals surface area contributed by atoms with Crippen LogP contribution in [0.1, 0.15) is 24.8 Å². The van der Waals surface area contributed by atoms with Crippen molar-refractivity contribution < 1.29 is 0 Å². The van der Waals surface area contributed by atoms with Crippen LogP contribution in [0.15, 0.2) is 12.3 Å². The Bertz CT molecular complexity index is 418. The number of hydrogen-bond acceptors (Lipinski definition) is 4. The largest absolute Gasteiger partial charge is 0.396 e. The molecule has 4 nitrogen and oxygen atoms in total. The van der Waals surface area contributed by atoms with Gasteiger partial charge in [0, 0.05) is 24.8 Å². The number of rotatable bonds is 2. The third-order valence-corrected chi connectivity index (χ3v) is 4.14. The molecule has 2 fully saturated rings. The Morgan fingerprint density at radius 1 is 1.41 bits per heavy atom. The van der Waals surface area contributed by atoms with E-state index in [1.165, 1.54) is 32.4 Å². The lowest BCUT2D eigenvalue weighted by atomic mass is 10.1. The Hall–Kier alpha value is -1.29. The summed E-state index contributed by atoms with van der Waals surface area (Å²) in [7, 11) is 0. The predicted molar refractivity (Wildman–Crippen MR) is 70.0 cm³/mol. The van der Waals surface area contributed by atoms with Gasteiger partial charge < -0.3 is 11.1 Å². The Kier molecular flexibility index (Phi) is 2.67. The molecular formula is C13H20N4. The number of nitrogens with two attached hydrogens (primary N) is 1. The molecule has 2 aliphatic rings. The average molecular weight is 232 g/mol. The Labute approximate surface area is 102 Å². The van der Waals surface area contributed by atoms with E-state index >= 15 is 0 Å². The van der Waals surface area contributed by atoms with Crippen LogP contribution < -0.4 is 11.1 Å². The van der Waals surface area contributed by atoms with Gasteiger partial charge in [0.1, 0.15) is 5.82 Å². The van der Waals surface area contributed by atoms with Crippen molar-refractivity contribution in [2.75, 3.05) is 24.1 Å². The number of aromatic nitrogens is 1. The van der Waals surface area contributed by atoms with Crippen molar-refractivity contribution in [3.05, 3.63) is 17.8 Å². The summed E-state index contributed by atoms with van der Waals surface area (Å²) >= 11 is 0. The minimum Gasteiger partial charge on any atom is -0.396 e. The van der Waals surface area contributed by atoms with Gasteiger partial charge in [-0.2, -0.15) is 0 Å². The molecule has 2 saturated heterocycles. The summed E-state index contributed by atoms with van der Waals surface area (Å²) in [5.41, 5.74) is 7.96. The molecule has 0 bridgehead atoms. The fourth-order valence-corrected chi connectivity index (χ4v) is 3.11. The van der Waals surface area contributed by atoms with Crippen LogP contribution in [-0.4, -0.2) is 35.1 Å². The van der Waals surface area contributed by atoms with Crippen molar-refractivity contribution in [3.8, 4) is 0 Å². The van der Waals surface area contributed by atoms with E-state index in [1.54, 1.807) is 0 Å². The number of fused-ring (bicyclic) bond motifs is 1. The van der Waals surface area contributed by atoms with Crippen LogP contribution in [0.3, 0.4) is 0 Å². The zero-order valence-corrected chi connectivity index (χ0v) is 10.3. The van der Waals surface area contributed by atoms with Crippen molar-refractivity contribution in [2.45, 2.75) is 38.3 Å². The molecule has 1 aromatic rings. The van der Waals surface area contributed by atoms with Gasteiger partial charge in [-0.1, -0.05) is 0 Å². The van der Waals surface area contributed by atoms with E-state index < -0.39 is 0 Å². The van der Waals surface area contributed by atoms with Gasteiger partial charge in [0.2, 0.25) is 0 Å². The molecule has 2 aliphatic heterocycles. The van der Waals surface area contributed by atoms with E-state index in [2.05, 4.69) is 15.2 Å². The van der Waals surface area contributed by atoms with Crippen molar-refractivity contribution in [2.24, 2.45) is 0 Å². The molecule has 1 aromatic heterocycles.